The third kappa shape index (κ3) is 2.23. The fourth-order valence-corrected chi connectivity index (χ4v) is 2.69. The predicted octanol–water partition coefficient (Wildman–Crippen LogP) is 2.47. The summed E-state index contributed by atoms with van der Waals surface area (Å²) >= 11 is 0. The van der Waals surface area contributed by atoms with E-state index in [4.69, 9.17) is 0 Å². The van der Waals surface area contributed by atoms with Crippen LogP contribution in [0.2, 0.25) is 0 Å². The number of nitrogens with zero attached hydrogens (tertiary/aromatic N) is 3. The number of para-hydroxylation sites is 2. The summed E-state index contributed by atoms with van der Waals surface area (Å²) in [6, 6.07) is 12.2. The van der Waals surface area contributed by atoms with E-state index in [1.54, 1.807) is 0 Å². The molecule has 3 rings (SSSR count). The van der Waals surface area contributed by atoms with Crippen molar-refractivity contribution in [1.82, 2.24) is 4.98 Å². The van der Waals surface area contributed by atoms with Crippen LogP contribution in [0.25, 0.3) is 0 Å². The summed E-state index contributed by atoms with van der Waals surface area (Å²) in [6.45, 7) is 3.87. The molecule has 4 heteroatoms. The van der Waals surface area contributed by atoms with Crippen molar-refractivity contribution in [3.05, 3.63) is 47.7 Å². The Morgan fingerprint density at radius 2 is 1.90 bits per heavy atom. The van der Waals surface area contributed by atoms with Gasteiger partial charge in [0.15, 0.2) is 0 Å². The van der Waals surface area contributed by atoms with Crippen molar-refractivity contribution in [3.63, 3.8) is 0 Å². The minimum Gasteiger partial charge on any atom is -0.392 e. The van der Waals surface area contributed by atoms with Crippen molar-refractivity contribution in [2.45, 2.75) is 13.5 Å². The molecule has 0 fully saturated rings. The second-order valence-electron chi connectivity index (χ2n) is 5.19. The molecule has 0 saturated heterocycles. The zero-order valence-corrected chi connectivity index (χ0v) is 11.9. The molecule has 104 valence electrons. The average molecular weight is 269 g/mol. The number of hydrogen-bond acceptors (Lipinski definition) is 4. The maximum absolute atomic E-state index is 9.37. The Morgan fingerprint density at radius 3 is 2.65 bits per heavy atom. The van der Waals surface area contributed by atoms with E-state index in [9.17, 15) is 5.11 Å². The monoisotopic (exact) mass is 269 g/mol. The van der Waals surface area contributed by atoms with Crippen LogP contribution in [-0.2, 0) is 6.61 Å². The molecular formula is C16H19N3O. The number of aliphatic hydroxyl groups is 1. The van der Waals surface area contributed by atoms with Crippen LogP contribution in [0.15, 0.2) is 36.4 Å². The molecule has 0 saturated carbocycles. The SMILES string of the molecule is Cc1cc(CO)cc(N2CCN(C)c3ccccc32)n1. The van der Waals surface area contributed by atoms with Gasteiger partial charge >= 0.3 is 0 Å². The van der Waals surface area contributed by atoms with Crippen LogP contribution in [0.4, 0.5) is 17.2 Å². The molecule has 0 amide bonds. The smallest absolute Gasteiger partial charge is 0.133 e. The number of pyridine rings is 1. The first-order valence-electron chi connectivity index (χ1n) is 6.85. The van der Waals surface area contributed by atoms with Crippen molar-refractivity contribution < 1.29 is 5.11 Å². The summed E-state index contributed by atoms with van der Waals surface area (Å²) < 4.78 is 0. The highest BCUT2D eigenvalue weighted by Crippen LogP contribution is 2.36. The number of likely N-dealkylation sites (N-methyl/N-ethyl adjacent to an activating group) is 1. The Balaban J connectivity index is 2.07. The molecular weight excluding hydrogens is 250 g/mol. The maximum Gasteiger partial charge on any atom is 0.133 e. The molecule has 1 aromatic heterocycles. The molecule has 0 aliphatic carbocycles. The number of anilines is 3. The second-order valence-corrected chi connectivity index (χ2v) is 5.19. The summed E-state index contributed by atoms with van der Waals surface area (Å²) in [5, 5.41) is 9.37. The van der Waals surface area contributed by atoms with Gasteiger partial charge in [-0.2, -0.15) is 0 Å². The van der Waals surface area contributed by atoms with Gasteiger partial charge < -0.3 is 14.9 Å². The standard InChI is InChI=1S/C16H19N3O/c1-12-9-13(11-20)10-16(17-12)19-8-7-18(2)14-5-3-4-6-15(14)19/h3-6,9-10,20H,7-8,11H2,1-2H3. The lowest BCUT2D eigenvalue weighted by Crippen LogP contribution is -2.36. The molecule has 2 aromatic rings. The Kier molecular flexibility index (Phi) is 3.32. The van der Waals surface area contributed by atoms with Gasteiger partial charge in [-0.3, -0.25) is 0 Å². The van der Waals surface area contributed by atoms with Crippen LogP contribution in [0, 0.1) is 6.92 Å². The van der Waals surface area contributed by atoms with Gasteiger partial charge in [0.25, 0.3) is 0 Å². The third-order valence-corrected chi connectivity index (χ3v) is 3.70. The summed E-state index contributed by atoms with van der Waals surface area (Å²) in [5.41, 5.74) is 4.22. The molecule has 0 spiro atoms. The highest BCUT2D eigenvalue weighted by molar-refractivity contribution is 5.78. The lowest BCUT2D eigenvalue weighted by Gasteiger charge is -2.36. The van der Waals surface area contributed by atoms with E-state index in [-0.39, 0.29) is 6.61 Å². The van der Waals surface area contributed by atoms with Crippen molar-refractivity contribution in [2.75, 3.05) is 29.9 Å². The van der Waals surface area contributed by atoms with Crippen molar-refractivity contribution in [3.8, 4) is 0 Å². The van der Waals surface area contributed by atoms with Crippen LogP contribution < -0.4 is 9.80 Å². The van der Waals surface area contributed by atoms with Gasteiger partial charge in [0.1, 0.15) is 5.82 Å². The number of aryl methyl sites for hydroxylation is 1. The number of hydrogen-bond donors (Lipinski definition) is 1. The highest BCUT2D eigenvalue weighted by Gasteiger charge is 2.22. The number of benzene rings is 1. The van der Waals surface area contributed by atoms with Crippen molar-refractivity contribution in [1.29, 1.82) is 0 Å². The van der Waals surface area contributed by atoms with Crippen LogP contribution in [0.3, 0.4) is 0 Å². The molecule has 0 radical (unpaired) electrons. The minimum atomic E-state index is 0.0474. The quantitative estimate of drug-likeness (QED) is 0.909. The van der Waals surface area contributed by atoms with E-state index in [1.807, 2.05) is 25.1 Å². The Bertz CT molecular complexity index is 627. The predicted molar refractivity (Wildman–Crippen MR) is 81.6 cm³/mol. The summed E-state index contributed by atoms with van der Waals surface area (Å²) in [4.78, 5) is 9.11. The molecule has 0 atom stereocenters. The molecule has 1 aliphatic rings. The highest BCUT2D eigenvalue weighted by atomic mass is 16.3. The van der Waals surface area contributed by atoms with Gasteiger partial charge in [0, 0.05) is 25.8 Å². The van der Waals surface area contributed by atoms with Gasteiger partial charge in [0.2, 0.25) is 0 Å². The maximum atomic E-state index is 9.37. The van der Waals surface area contributed by atoms with Crippen molar-refractivity contribution >= 4 is 17.2 Å². The van der Waals surface area contributed by atoms with E-state index in [0.29, 0.717) is 0 Å². The first-order valence-corrected chi connectivity index (χ1v) is 6.85. The van der Waals surface area contributed by atoms with Gasteiger partial charge in [-0.05, 0) is 36.8 Å². The van der Waals surface area contributed by atoms with Gasteiger partial charge in [0.05, 0.1) is 18.0 Å². The fraction of sp³-hybridized carbons (Fsp3) is 0.312. The molecule has 2 heterocycles. The van der Waals surface area contributed by atoms with E-state index in [1.165, 1.54) is 11.4 Å². The summed E-state index contributed by atoms with van der Waals surface area (Å²) in [5.74, 6) is 0.912. The minimum absolute atomic E-state index is 0.0474. The zero-order valence-electron chi connectivity index (χ0n) is 11.9. The molecule has 20 heavy (non-hydrogen) atoms. The van der Waals surface area contributed by atoms with Crippen LogP contribution >= 0.6 is 0 Å². The zero-order chi connectivity index (χ0) is 14.1. The third-order valence-electron chi connectivity index (χ3n) is 3.70. The van der Waals surface area contributed by atoms with Gasteiger partial charge in [-0.15, -0.1) is 0 Å². The van der Waals surface area contributed by atoms with Crippen LogP contribution in [0.1, 0.15) is 11.3 Å². The normalized spacial score (nSPS) is 14.3. The van der Waals surface area contributed by atoms with E-state index in [0.717, 1.165) is 30.2 Å². The van der Waals surface area contributed by atoms with Gasteiger partial charge in [-0.1, -0.05) is 12.1 Å². The first-order chi connectivity index (χ1) is 9.69. The first kappa shape index (κ1) is 12.9. The number of aliphatic hydroxyl groups excluding tert-OH is 1. The Labute approximate surface area is 119 Å². The Morgan fingerprint density at radius 1 is 1.15 bits per heavy atom. The van der Waals surface area contributed by atoms with E-state index < -0.39 is 0 Å². The Hall–Kier alpha value is -2.07. The lowest BCUT2D eigenvalue weighted by atomic mass is 10.1. The molecule has 1 aromatic carbocycles. The molecule has 0 bridgehead atoms. The summed E-state index contributed by atoms with van der Waals surface area (Å²) in [6.07, 6.45) is 0. The largest absolute Gasteiger partial charge is 0.392 e. The van der Waals surface area contributed by atoms with Gasteiger partial charge in [-0.25, -0.2) is 4.98 Å². The number of rotatable bonds is 2. The molecule has 1 aliphatic heterocycles. The molecule has 0 unspecified atom stereocenters. The lowest BCUT2D eigenvalue weighted by molar-refractivity contribution is 0.281. The average Bonchev–Trinajstić information content (AvgIpc) is 2.47. The topological polar surface area (TPSA) is 39.6 Å². The summed E-state index contributed by atoms with van der Waals surface area (Å²) in [7, 11) is 2.11. The van der Waals surface area contributed by atoms with Crippen LogP contribution in [0.5, 0.6) is 0 Å². The molecule has 4 nitrogen and oxygen atoms in total. The second kappa shape index (κ2) is 5.13. The number of fused-ring (bicyclic) bond motifs is 1. The van der Waals surface area contributed by atoms with Crippen molar-refractivity contribution in [2.24, 2.45) is 0 Å². The number of aromatic nitrogens is 1. The van der Waals surface area contributed by atoms with E-state index >= 15 is 0 Å². The van der Waals surface area contributed by atoms with Crippen LogP contribution in [-0.4, -0.2) is 30.2 Å². The van der Waals surface area contributed by atoms with E-state index in [2.05, 4.69) is 40.0 Å². The molecule has 1 N–H and O–H groups in total. The fourth-order valence-electron chi connectivity index (χ4n) is 2.69.